The van der Waals surface area contributed by atoms with Crippen LogP contribution < -0.4 is 10.2 Å². The molecule has 1 aliphatic rings. The molecule has 1 aliphatic heterocycles. The molecular formula is C19H22BNO4. The Morgan fingerprint density at radius 1 is 1.12 bits per heavy atom. The second kappa shape index (κ2) is 6.34. The highest BCUT2D eigenvalue weighted by molar-refractivity contribution is 6.65. The van der Waals surface area contributed by atoms with Crippen molar-refractivity contribution in [3.8, 4) is 11.8 Å². The summed E-state index contributed by atoms with van der Waals surface area (Å²) in [6.07, 6.45) is 0. The van der Waals surface area contributed by atoms with Gasteiger partial charge in [0.2, 0.25) is 0 Å². The third-order valence-corrected chi connectivity index (χ3v) is 4.95. The first-order valence-electron chi connectivity index (χ1n) is 8.23. The zero-order chi connectivity index (χ0) is 18.2. The maximum Gasteiger partial charge on any atom is 0.495 e. The zero-order valence-electron chi connectivity index (χ0n) is 15.3. The van der Waals surface area contributed by atoms with Crippen LogP contribution in [-0.2, 0) is 14.0 Å². The molecule has 2 aromatic carbocycles. The molecule has 3 rings (SSSR count). The van der Waals surface area contributed by atoms with E-state index in [-0.39, 0.29) is 6.79 Å². The first-order chi connectivity index (χ1) is 11.8. The Kier molecular flexibility index (Phi) is 4.50. The van der Waals surface area contributed by atoms with Gasteiger partial charge in [-0.1, -0.05) is 12.1 Å². The highest BCUT2D eigenvalue weighted by atomic mass is 16.7. The molecule has 6 heteroatoms. The highest BCUT2D eigenvalue weighted by Crippen LogP contribution is 2.37. The molecule has 25 heavy (non-hydrogen) atoms. The smallest absolute Gasteiger partial charge is 0.468 e. The number of rotatable bonds is 4. The lowest BCUT2D eigenvalue weighted by molar-refractivity contribution is 0.00578. The van der Waals surface area contributed by atoms with Gasteiger partial charge >= 0.3 is 7.12 Å². The van der Waals surface area contributed by atoms with Crippen molar-refractivity contribution >= 4 is 23.4 Å². The van der Waals surface area contributed by atoms with E-state index in [0.717, 1.165) is 16.2 Å². The fourth-order valence-electron chi connectivity index (χ4n) is 2.89. The van der Waals surface area contributed by atoms with Gasteiger partial charge in [0.05, 0.1) is 22.8 Å². The molecule has 0 atom stereocenters. The van der Waals surface area contributed by atoms with Gasteiger partial charge in [-0.15, -0.1) is 0 Å². The summed E-state index contributed by atoms with van der Waals surface area (Å²) in [5.41, 5.74) is 0.448. The summed E-state index contributed by atoms with van der Waals surface area (Å²) in [5, 5.41) is 11.3. The minimum atomic E-state index is -0.576. The van der Waals surface area contributed by atoms with E-state index >= 15 is 0 Å². The molecule has 1 saturated heterocycles. The predicted octanol–water partition coefficient (Wildman–Crippen LogP) is 2.99. The third-order valence-electron chi connectivity index (χ3n) is 4.95. The standard InChI is InChI=1S/C19H22BNO4/c1-18(2)19(3,4)25-20(24-18)16-10-15(23-12-22-5)9-13-7-6-8-14(11-21)17(13)16/h6-10H,12H2,1-5H3. The normalized spacial score (nSPS) is 18.3. The quantitative estimate of drug-likeness (QED) is 0.633. The number of nitrogens with zero attached hydrogens (tertiary/aromatic N) is 1. The van der Waals surface area contributed by atoms with Crippen molar-refractivity contribution in [3.05, 3.63) is 35.9 Å². The van der Waals surface area contributed by atoms with Crippen LogP contribution in [0, 0.1) is 11.3 Å². The minimum absolute atomic E-state index is 0.145. The van der Waals surface area contributed by atoms with Crippen molar-refractivity contribution in [2.24, 2.45) is 0 Å². The van der Waals surface area contributed by atoms with Gasteiger partial charge in [-0.05, 0) is 62.1 Å². The molecule has 0 saturated carbocycles. The second-order valence-electron chi connectivity index (χ2n) is 7.17. The Labute approximate surface area is 148 Å². The van der Waals surface area contributed by atoms with Crippen molar-refractivity contribution in [1.82, 2.24) is 0 Å². The monoisotopic (exact) mass is 339 g/mol. The summed E-state index contributed by atoms with van der Waals surface area (Å²) in [5.74, 6) is 0.647. The highest BCUT2D eigenvalue weighted by Gasteiger charge is 2.52. The first-order valence-corrected chi connectivity index (χ1v) is 8.23. The van der Waals surface area contributed by atoms with Crippen LogP contribution in [0.1, 0.15) is 33.3 Å². The molecule has 0 unspecified atom stereocenters. The second-order valence-corrected chi connectivity index (χ2v) is 7.17. The fourth-order valence-corrected chi connectivity index (χ4v) is 2.89. The summed E-state index contributed by atoms with van der Waals surface area (Å²) in [6, 6.07) is 11.6. The van der Waals surface area contributed by atoms with Crippen LogP contribution in [-0.4, -0.2) is 32.2 Å². The number of nitriles is 1. The van der Waals surface area contributed by atoms with Crippen LogP contribution in [0.4, 0.5) is 0 Å². The van der Waals surface area contributed by atoms with Gasteiger partial charge in [0.15, 0.2) is 6.79 Å². The van der Waals surface area contributed by atoms with Gasteiger partial charge in [0.25, 0.3) is 0 Å². The zero-order valence-corrected chi connectivity index (χ0v) is 15.3. The number of methoxy groups -OCH3 is 1. The van der Waals surface area contributed by atoms with E-state index in [0.29, 0.717) is 11.3 Å². The van der Waals surface area contributed by atoms with Crippen LogP contribution in [0.25, 0.3) is 10.8 Å². The SMILES string of the molecule is COCOc1cc(B2OC(C)(C)C(C)(C)O2)c2c(C#N)cccc2c1. The molecule has 2 aromatic rings. The molecule has 0 aliphatic carbocycles. The minimum Gasteiger partial charge on any atom is -0.468 e. The Morgan fingerprint density at radius 2 is 1.80 bits per heavy atom. The maximum absolute atomic E-state index is 9.54. The molecule has 0 bridgehead atoms. The molecule has 1 heterocycles. The van der Waals surface area contributed by atoms with Gasteiger partial charge in [0, 0.05) is 7.11 Å². The molecule has 0 aromatic heterocycles. The average molecular weight is 339 g/mol. The number of fused-ring (bicyclic) bond motifs is 1. The Bertz CT molecular complexity index is 825. The van der Waals surface area contributed by atoms with E-state index in [1.807, 2.05) is 52.0 Å². The van der Waals surface area contributed by atoms with Crippen LogP contribution in [0.15, 0.2) is 30.3 Å². The van der Waals surface area contributed by atoms with Gasteiger partial charge in [0.1, 0.15) is 5.75 Å². The van der Waals surface area contributed by atoms with Crippen LogP contribution in [0.2, 0.25) is 0 Å². The van der Waals surface area contributed by atoms with Gasteiger partial charge < -0.3 is 18.8 Å². The number of hydrogen-bond acceptors (Lipinski definition) is 5. The first kappa shape index (κ1) is 17.7. The molecule has 130 valence electrons. The molecule has 0 radical (unpaired) electrons. The fraction of sp³-hybridized carbons (Fsp3) is 0.421. The van der Waals surface area contributed by atoms with Gasteiger partial charge in [-0.2, -0.15) is 5.26 Å². The van der Waals surface area contributed by atoms with E-state index in [1.54, 1.807) is 13.2 Å². The topological polar surface area (TPSA) is 60.7 Å². The predicted molar refractivity (Wildman–Crippen MR) is 96.9 cm³/mol. The Hall–Kier alpha value is -2.07. The van der Waals surface area contributed by atoms with E-state index in [9.17, 15) is 5.26 Å². The van der Waals surface area contributed by atoms with E-state index in [4.69, 9.17) is 18.8 Å². The average Bonchev–Trinajstić information content (AvgIpc) is 2.79. The van der Waals surface area contributed by atoms with Crippen molar-refractivity contribution in [1.29, 1.82) is 5.26 Å². The summed E-state index contributed by atoms with van der Waals surface area (Å²) in [7, 11) is 0.998. The van der Waals surface area contributed by atoms with Crippen LogP contribution in [0.5, 0.6) is 5.75 Å². The number of benzene rings is 2. The maximum atomic E-state index is 9.54. The summed E-state index contributed by atoms with van der Waals surface area (Å²) >= 11 is 0. The summed E-state index contributed by atoms with van der Waals surface area (Å²) < 4.78 is 23.0. The van der Waals surface area contributed by atoms with E-state index < -0.39 is 18.3 Å². The van der Waals surface area contributed by atoms with Crippen molar-refractivity contribution < 1.29 is 18.8 Å². The Morgan fingerprint density at radius 3 is 2.40 bits per heavy atom. The molecule has 0 spiro atoms. The molecule has 5 nitrogen and oxygen atoms in total. The third kappa shape index (κ3) is 3.11. The summed E-state index contributed by atoms with van der Waals surface area (Å²) in [4.78, 5) is 0. The van der Waals surface area contributed by atoms with Gasteiger partial charge in [-0.3, -0.25) is 0 Å². The van der Waals surface area contributed by atoms with Gasteiger partial charge in [-0.25, -0.2) is 0 Å². The molecule has 0 N–H and O–H groups in total. The van der Waals surface area contributed by atoms with Crippen LogP contribution in [0.3, 0.4) is 0 Å². The largest absolute Gasteiger partial charge is 0.495 e. The lowest BCUT2D eigenvalue weighted by Gasteiger charge is -2.32. The van der Waals surface area contributed by atoms with E-state index in [2.05, 4.69) is 6.07 Å². The lowest BCUT2D eigenvalue weighted by atomic mass is 9.75. The van der Waals surface area contributed by atoms with Crippen molar-refractivity contribution in [2.45, 2.75) is 38.9 Å². The Balaban J connectivity index is 2.17. The molecule has 1 fully saturated rings. The lowest BCUT2D eigenvalue weighted by Crippen LogP contribution is -2.41. The molecular weight excluding hydrogens is 317 g/mol. The number of ether oxygens (including phenoxy) is 2. The van der Waals surface area contributed by atoms with Crippen molar-refractivity contribution in [2.75, 3.05) is 13.9 Å². The summed E-state index contributed by atoms with van der Waals surface area (Å²) in [6.45, 7) is 8.17. The van der Waals surface area contributed by atoms with Crippen LogP contribution >= 0.6 is 0 Å². The molecule has 0 amide bonds. The van der Waals surface area contributed by atoms with Crippen molar-refractivity contribution in [3.63, 3.8) is 0 Å². The van der Waals surface area contributed by atoms with E-state index in [1.165, 1.54) is 0 Å². The number of hydrogen-bond donors (Lipinski definition) is 0.